The Morgan fingerprint density at radius 1 is 1.16 bits per heavy atom. The highest BCUT2D eigenvalue weighted by Crippen LogP contribution is 2.31. The lowest BCUT2D eigenvalue weighted by Crippen LogP contribution is -2.56. The van der Waals surface area contributed by atoms with E-state index in [2.05, 4.69) is 10.3 Å². The number of aliphatic hydroxyl groups is 2. The van der Waals surface area contributed by atoms with Crippen molar-refractivity contribution in [2.75, 3.05) is 39.4 Å². The van der Waals surface area contributed by atoms with Gasteiger partial charge in [0.2, 0.25) is 5.91 Å². The highest BCUT2D eigenvalue weighted by Gasteiger charge is 2.31. The van der Waals surface area contributed by atoms with Crippen LogP contribution >= 0.6 is 11.3 Å². The van der Waals surface area contributed by atoms with Crippen molar-refractivity contribution in [2.24, 2.45) is 0 Å². The van der Waals surface area contributed by atoms with Crippen LogP contribution in [0.2, 0.25) is 0 Å². The fourth-order valence-electron chi connectivity index (χ4n) is 3.71. The molecule has 4 N–H and O–H groups in total. The number of hydrogen-bond acceptors (Lipinski definition) is 9. The van der Waals surface area contributed by atoms with Crippen LogP contribution < -0.4 is 5.32 Å². The van der Waals surface area contributed by atoms with E-state index in [1.165, 1.54) is 27.2 Å². The molecule has 0 spiro atoms. The molecule has 2 atom stereocenters. The van der Waals surface area contributed by atoms with Gasteiger partial charge in [-0.25, -0.2) is 14.6 Å². The Bertz CT molecular complexity index is 1080. The highest BCUT2D eigenvalue weighted by atomic mass is 32.1. The maximum atomic E-state index is 13.1. The predicted octanol–water partition coefficient (Wildman–Crippen LogP) is 1.93. The summed E-state index contributed by atoms with van der Waals surface area (Å²) >= 11 is 1.20. The van der Waals surface area contributed by atoms with E-state index in [1.54, 1.807) is 0 Å². The average Bonchev–Trinajstić information content (AvgIpc) is 3.35. The van der Waals surface area contributed by atoms with Crippen molar-refractivity contribution in [1.82, 2.24) is 20.1 Å². The van der Waals surface area contributed by atoms with Crippen LogP contribution in [0.3, 0.4) is 0 Å². The number of ether oxygens (including phenoxy) is 1. The first-order chi connectivity index (χ1) is 17.8. The number of amides is 2. The number of carbonyl (C=O) groups excluding carboxylic acids is 2. The molecule has 200 valence electrons. The normalized spacial score (nSPS) is 15.5. The van der Waals surface area contributed by atoms with Crippen molar-refractivity contribution in [3.63, 3.8) is 0 Å². The molecule has 0 bridgehead atoms. The maximum absolute atomic E-state index is 13.1. The van der Waals surface area contributed by atoms with Crippen LogP contribution in [0.4, 0.5) is 4.79 Å². The molecule has 0 radical (unpaired) electrons. The minimum absolute atomic E-state index is 0.146. The van der Waals surface area contributed by atoms with Gasteiger partial charge >= 0.3 is 12.1 Å². The molecule has 0 saturated carbocycles. The number of rotatable bonds is 11. The number of unbranched alkanes of at least 4 members (excludes halogenated alkanes) is 1. The third-order valence-corrected chi connectivity index (χ3v) is 6.84. The number of aromatic nitrogens is 1. The lowest BCUT2D eigenvalue weighted by Gasteiger charge is -2.36. The van der Waals surface area contributed by atoms with E-state index < -0.39 is 36.8 Å². The number of nitrogens with zero attached hydrogens (tertiary/aromatic N) is 3. The molecule has 1 saturated heterocycles. The average molecular weight is 533 g/mol. The Hall–Kier alpha value is -3.32. The van der Waals surface area contributed by atoms with Gasteiger partial charge in [-0.1, -0.05) is 43.7 Å². The Balaban J connectivity index is 1.67. The number of nitrogens with one attached hydrogen (secondary N) is 1. The minimum atomic E-state index is -1.45. The summed E-state index contributed by atoms with van der Waals surface area (Å²) < 4.78 is 5.22. The van der Waals surface area contributed by atoms with Gasteiger partial charge in [0, 0.05) is 37.8 Å². The standard InChI is InChI=1S/C25H32N4O7S/c1-2-3-15-36-25(35)29-13-11-28(12-14-29)24(34)18(16-30)26-22(33)21-19(9-10-20(31)32)37-23(27-21)17-7-5-4-6-8-17/h4-10,18,22,26,30,33H,2-3,11-16H2,1H3,(H,31,32). The van der Waals surface area contributed by atoms with Gasteiger partial charge in [-0.15, -0.1) is 11.3 Å². The van der Waals surface area contributed by atoms with Crippen LogP contribution in [0.1, 0.15) is 36.6 Å². The molecule has 2 amide bonds. The second-order valence-electron chi connectivity index (χ2n) is 8.39. The summed E-state index contributed by atoms with van der Waals surface area (Å²) in [6.45, 7) is 2.90. The molecule has 11 nitrogen and oxygen atoms in total. The fraction of sp³-hybridized carbons (Fsp3) is 0.440. The van der Waals surface area contributed by atoms with Gasteiger partial charge in [-0.05, 0) is 12.5 Å². The summed E-state index contributed by atoms with van der Waals surface area (Å²) in [5.74, 6) is -1.58. The van der Waals surface area contributed by atoms with Crippen molar-refractivity contribution < 1.29 is 34.4 Å². The predicted molar refractivity (Wildman–Crippen MR) is 138 cm³/mol. The quantitative estimate of drug-likeness (QED) is 0.193. The van der Waals surface area contributed by atoms with Crippen molar-refractivity contribution in [2.45, 2.75) is 32.0 Å². The van der Waals surface area contributed by atoms with Gasteiger partial charge in [0.1, 0.15) is 23.0 Å². The number of carboxylic acid groups (broad SMARTS) is 1. The Morgan fingerprint density at radius 3 is 2.46 bits per heavy atom. The second kappa shape index (κ2) is 13.8. The Kier molecular flexibility index (Phi) is 10.6. The summed E-state index contributed by atoms with van der Waals surface area (Å²) in [7, 11) is 0. The lowest BCUT2D eigenvalue weighted by atomic mass is 10.2. The number of aliphatic carboxylic acids is 1. The Labute approximate surface area is 219 Å². The van der Waals surface area contributed by atoms with Crippen molar-refractivity contribution in [3.8, 4) is 10.6 Å². The van der Waals surface area contributed by atoms with Crippen molar-refractivity contribution >= 4 is 35.4 Å². The van der Waals surface area contributed by atoms with E-state index in [0.717, 1.165) is 24.5 Å². The van der Waals surface area contributed by atoms with Gasteiger partial charge in [0.05, 0.1) is 18.1 Å². The zero-order valence-corrected chi connectivity index (χ0v) is 21.4. The van der Waals surface area contributed by atoms with E-state index in [0.29, 0.717) is 29.6 Å². The molecule has 0 aliphatic carbocycles. The monoisotopic (exact) mass is 532 g/mol. The molecule has 1 fully saturated rings. The fourth-order valence-corrected chi connectivity index (χ4v) is 4.71. The molecule has 37 heavy (non-hydrogen) atoms. The summed E-state index contributed by atoms with van der Waals surface area (Å²) in [6.07, 6.45) is 2.13. The van der Waals surface area contributed by atoms with Crippen LogP contribution in [0.15, 0.2) is 36.4 Å². The maximum Gasteiger partial charge on any atom is 0.409 e. The molecule has 2 aromatic rings. The third kappa shape index (κ3) is 7.83. The van der Waals surface area contributed by atoms with Crippen LogP contribution in [0.25, 0.3) is 16.6 Å². The summed E-state index contributed by atoms with van der Waals surface area (Å²) in [5.41, 5.74) is 0.934. The van der Waals surface area contributed by atoms with Gasteiger partial charge in [0.15, 0.2) is 0 Å². The lowest BCUT2D eigenvalue weighted by molar-refractivity contribution is -0.137. The van der Waals surface area contributed by atoms with Gasteiger partial charge < -0.3 is 29.9 Å². The van der Waals surface area contributed by atoms with Crippen LogP contribution in [-0.2, 0) is 14.3 Å². The molecule has 2 unspecified atom stereocenters. The zero-order chi connectivity index (χ0) is 26.8. The van der Waals surface area contributed by atoms with Gasteiger partial charge in [0.25, 0.3) is 0 Å². The first kappa shape index (κ1) is 28.3. The molecular weight excluding hydrogens is 500 g/mol. The summed E-state index contributed by atoms with van der Waals surface area (Å²) in [5, 5.41) is 33.1. The van der Waals surface area contributed by atoms with Gasteiger partial charge in [-0.2, -0.15) is 0 Å². The van der Waals surface area contributed by atoms with E-state index in [1.807, 2.05) is 37.3 Å². The molecule has 12 heteroatoms. The highest BCUT2D eigenvalue weighted by molar-refractivity contribution is 7.16. The van der Waals surface area contributed by atoms with Crippen molar-refractivity contribution in [3.05, 3.63) is 47.0 Å². The van der Waals surface area contributed by atoms with Crippen LogP contribution in [-0.4, -0.2) is 93.5 Å². The summed E-state index contributed by atoms with van der Waals surface area (Å²) in [4.78, 5) is 44.2. The SMILES string of the molecule is CCCCOC(=O)N1CCN(C(=O)C(CO)NC(O)c2nc(-c3ccccc3)sc2C=CC(=O)O)CC1. The van der Waals surface area contributed by atoms with Crippen LogP contribution in [0.5, 0.6) is 0 Å². The number of thiazole rings is 1. The van der Waals surface area contributed by atoms with Crippen molar-refractivity contribution in [1.29, 1.82) is 0 Å². The van der Waals surface area contributed by atoms with E-state index in [9.17, 15) is 24.6 Å². The topological polar surface area (TPSA) is 153 Å². The van der Waals surface area contributed by atoms with E-state index >= 15 is 0 Å². The number of carbonyl (C=O) groups is 3. The zero-order valence-electron chi connectivity index (χ0n) is 20.6. The number of carboxylic acids is 1. The molecular formula is C25H32N4O7S. The number of aliphatic hydroxyl groups excluding tert-OH is 2. The molecule has 1 aromatic heterocycles. The molecule has 1 aliphatic heterocycles. The first-order valence-corrected chi connectivity index (χ1v) is 12.9. The minimum Gasteiger partial charge on any atom is -0.478 e. The molecule has 3 rings (SSSR count). The number of hydrogen-bond donors (Lipinski definition) is 4. The molecule has 1 aromatic carbocycles. The summed E-state index contributed by atoms with van der Waals surface area (Å²) in [6, 6.07) is 8.08. The van der Waals surface area contributed by atoms with Crippen LogP contribution in [0, 0.1) is 0 Å². The number of benzene rings is 1. The largest absolute Gasteiger partial charge is 0.478 e. The second-order valence-corrected chi connectivity index (χ2v) is 9.42. The smallest absolute Gasteiger partial charge is 0.409 e. The number of piperazine rings is 1. The molecule has 1 aliphatic rings. The third-order valence-electron chi connectivity index (χ3n) is 5.75. The first-order valence-electron chi connectivity index (χ1n) is 12.1. The van der Waals surface area contributed by atoms with E-state index in [-0.39, 0.29) is 18.8 Å². The Morgan fingerprint density at radius 2 is 1.84 bits per heavy atom. The van der Waals surface area contributed by atoms with E-state index in [4.69, 9.17) is 9.84 Å². The molecule has 2 heterocycles. The van der Waals surface area contributed by atoms with Gasteiger partial charge in [-0.3, -0.25) is 10.1 Å².